The minimum Gasteiger partial charge on any atom is -0.352 e. The van der Waals surface area contributed by atoms with Crippen molar-refractivity contribution in [2.75, 3.05) is 17.1 Å². The van der Waals surface area contributed by atoms with Crippen molar-refractivity contribution >= 4 is 50.7 Å². The molecule has 50 heavy (non-hydrogen) atoms. The first-order valence-corrected chi connectivity index (χ1v) is 20.7. The number of hydrogen-bond acceptors (Lipinski definition) is 4. The topological polar surface area (TPSA) is 86.8 Å². The highest BCUT2D eigenvalue weighted by Gasteiger charge is 2.51. The summed E-state index contributed by atoms with van der Waals surface area (Å²) in [5.74, 6) is 1.65. The van der Waals surface area contributed by atoms with Gasteiger partial charge in [-0.05, 0) is 115 Å². The maximum Gasteiger partial charge on any atom is 0.244 e. The summed E-state index contributed by atoms with van der Waals surface area (Å²) in [5, 5.41) is 3.92. The lowest BCUT2D eigenvalue weighted by atomic mass is 9.48. The Morgan fingerprint density at radius 1 is 0.840 bits per heavy atom. The number of hydrogen-bond donors (Lipinski definition) is 1. The van der Waals surface area contributed by atoms with E-state index >= 15 is 0 Å². The first-order valence-electron chi connectivity index (χ1n) is 18.1. The summed E-state index contributed by atoms with van der Waals surface area (Å²) >= 11 is 12.6. The van der Waals surface area contributed by atoms with Gasteiger partial charge in [-0.2, -0.15) is 0 Å². The van der Waals surface area contributed by atoms with Gasteiger partial charge in [-0.3, -0.25) is 13.9 Å². The number of nitrogens with zero attached hydrogens (tertiary/aromatic N) is 2. The van der Waals surface area contributed by atoms with E-state index in [1.54, 1.807) is 18.2 Å². The first-order chi connectivity index (χ1) is 24.0. The van der Waals surface area contributed by atoms with Gasteiger partial charge in [0.2, 0.25) is 21.8 Å². The van der Waals surface area contributed by atoms with Crippen molar-refractivity contribution in [1.29, 1.82) is 0 Å². The molecule has 2 amide bonds. The number of nitrogens with one attached hydrogen (secondary N) is 1. The van der Waals surface area contributed by atoms with Gasteiger partial charge in [0.1, 0.15) is 12.6 Å². The number of rotatable bonds is 12. The first kappa shape index (κ1) is 35.3. The summed E-state index contributed by atoms with van der Waals surface area (Å²) in [6, 6.07) is 21.8. The van der Waals surface area contributed by atoms with Gasteiger partial charge in [0.15, 0.2) is 0 Å². The monoisotopic (exact) mass is 735 g/mol. The average molecular weight is 737 g/mol. The quantitative estimate of drug-likeness (QED) is 0.205. The Balaban J connectivity index is 1.19. The number of carbonyl (C=O) groups is 2. The minimum atomic E-state index is -3.87. The van der Waals surface area contributed by atoms with E-state index in [0.717, 1.165) is 55.3 Å². The van der Waals surface area contributed by atoms with Crippen LogP contribution in [0.5, 0.6) is 0 Å². The number of halogens is 2. The van der Waals surface area contributed by atoms with Crippen LogP contribution in [-0.2, 0) is 38.0 Å². The second kappa shape index (κ2) is 14.5. The van der Waals surface area contributed by atoms with Crippen LogP contribution < -0.4 is 9.62 Å². The molecule has 0 spiro atoms. The number of amides is 2. The van der Waals surface area contributed by atoms with Gasteiger partial charge in [-0.15, -0.1) is 0 Å². The van der Waals surface area contributed by atoms with Crippen LogP contribution in [0.3, 0.4) is 0 Å². The molecule has 0 aromatic heterocycles. The van der Waals surface area contributed by atoms with Gasteiger partial charge >= 0.3 is 0 Å². The molecule has 8 rings (SSSR count). The second-order valence-corrected chi connectivity index (χ2v) is 18.2. The van der Waals surface area contributed by atoms with Crippen molar-refractivity contribution in [3.63, 3.8) is 0 Å². The molecule has 4 bridgehead atoms. The third-order valence-corrected chi connectivity index (χ3v) is 13.7. The highest BCUT2D eigenvalue weighted by atomic mass is 35.5. The highest BCUT2D eigenvalue weighted by molar-refractivity contribution is 7.92. The molecule has 5 fully saturated rings. The lowest BCUT2D eigenvalue weighted by Gasteiger charge is -2.57. The van der Waals surface area contributed by atoms with Crippen LogP contribution >= 0.6 is 23.2 Å². The molecule has 0 saturated heterocycles. The zero-order valence-corrected chi connectivity index (χ0v) is 31.0. The van der Waals surface area contributed by atoms with Gasteiger partial charge in [0.05, 0.1) is 22.0 Å². The zero-order valence-electron chi connectivity index (χ0n) is 28.7. The van der Waals surface area contributed by atoms with E-state index < -0.39 is 28.5 Å². The van der Waals surface area contributed by atoms with Crippen molar-refractivity contribution in [3.8, 4) is 0 Å². The highest BCUT2D eigenvalue weighted by Crippen LogP contribution is 2.60. The Morgan fingerprint density at radius 2 is 1.46 bits per heavy atom. The fraction of sp³-hybridized carbons (Fsp3) is 0.500. The molecular weight excluding hydrogens is 689 g/mol. The van der Waals surface area contributed by atoms with Crippen molar-refractivity contribution in [1.82, 2.24) is 10.2 Å². The van der Waals surface area contributed by atoms with Gasteiger partial charge < -0.3 is 10.2 Å². The molecule has 1 atom stereocenters. The molecule has 7 nitrogen and oxygen atoms in total. The summed E-state index contributed by atoms with van der Waals surface area (Å²) in [6.45, 7) is -0.396. The molecule has 1 N–H and O–H groups in total. The molecule has 0 aliphatic heterocycles. The molecule has 5 aliphatic carbocycles. The average Bonchev–Trinajstić information content (AvgIpc) is 3.59. The van der Waals surface area contributed by atoms with E-state index in [4.69, 9.17) is 23.2 Å². The predicted octanol–water partition coefficient (Wildman–Crippen LogP) is 7.93. The second-order valence-electron chi connectivity index (χ2n) is 15.5. The molecule has 266 valence electrons. The lowest BCUT2D eigenvalue weighted by molar-refractivity contribution is -0.140. The molecule has 5 saturated carbocycles. The number of anilines is 1. The van der Waals surface area contributed by atoms with Crippen LogP contribution in [-0.4, -0.2) is 50.0 Å². The fourth-order valence-corrected chi connectivity index (χ4v) is 11.0. The van der Waals surface area contributed by atoms with Gasteiger partial charge in [0.25, 0.3) is 0 Å². The van der Waals surface area contributed by atoms with E-state index in [1.165, 1.54) is 53.3 Å². The third-order valence-electron chi connectivity index (χ3n) is 11.8. The van der Waals surface area contributed by atoms with E-state index in [1.807, 2.05) is 42.5 Å². The molecule has 3 aromatic carbocycles. The molecule has 0 heterocycles. The molecular formula is C40H47Cl2N3O4S. The maximum absolute atomic E-state index is 14.6. The van der Waals surface area contributed by atoms with Gasteiger partial charge in [-0.1, -0.05) is 84.6 Å². The van der Waals surface area contributed by atoms with Gasteiger partial charge in [0, 0.05) is 19.0 Å². The Labute approximate surface area is 306 Å². The molecule has 3 aromatic rings. The summed E-state index contributed by atoms with van der Waals surface area (Å²) in [4.78, 5) is 30.2. The smallest absolute Gasteiger partial charge is 0.244 e. The van der Waals surface area contributed by atoms with Crippen LogP contribution in [0.1, 0.15) is 80.9 Å². The minimum absolute atomic E-state index is 0.0442. The summed E-state index contributed by atoms with van der Waals surface area (Å²) in [5.41, 5.74) is 3.48. The normalized spacial score (nSPS) is 25.0. The SMILES string of the molecule is CS(=O)(=O)N(CC(=O)N(Cc1ccc(Cl)c(Cl)c1)C(Cc1ccccc1)C(=O)NC1CCCC1)c1ccc(C23CC4CC(CC(C4)C2)C3)cc1. The van der Waals surface area contributed by atoms with E-state index in [-0.39, 0.29) is 30.3 Å². The summed E-state index contributed by atoms with van der Waals surface area (Å²) < 4.78 is 28.0. The third kappa shape index (κ3) is 7.73. The Bertz CT molecular complexity index is 1780. The van der Waals surface area contributed by atoms with Crippen LogP contribution in [0.2, 0.25) is 10.0 Å². The van der Waals surface area contributed by atoms with Crippen molar-refractivity contribution in [3.05, 3.63) is 99.5 Å². The van der Waals surface area contributed by atoms with Crippen molar-refractivity contribution in [2.45, 2.75) is 94.7 Å². The molecule has 1 unspecified atom stereocenters. The Kier molecular flexibility index (Phi) is 10.3. The van der Waals surface area contributed by atoms with Crippen LogP contribution in [0.25, 0.3) is 0 Å². The van der Waals surface area contributed by atoms with Gasteiger partial charge in [-0.25, -0.2) is 8.42 Å². The van der Waals surface area contributed by atoms with Crippen LogP contribution in [0.4, 0.5) is 5.69 Å². The van der Waals surface area contributed by atoms with Crippen molar-refractivity contribution < 1.29 is 18.0 Å². The predicted molar refractivity (Wildman–Crippen MR) is 200 cm³/mol. The Morgan fingerprint density at radius 3 is 2.04 bits per heavy atom. The van der Waals surface area contributed by atoms with Crippen LogP contribution in [0.15, 0.2) is 72.8 Å². The Hall–Kier alpha value is -3.07. The van der Waals surface area contributed by atoms with Crippen molar-refractivity contribution in [2.24, 2.45) is 17.8 Å². The van der Waals surface area contributed by atoms with E-state index in [9.17, 15) is 18.0 Å². The number of benzene rings is 3. The maximum atomic E-state index is 14.6. The lowest BCUT2D eigenvalue weighted by Crippen LogP contribution is -2.54. The number of carbonyl (C=O) groups excluding carboxylic acids is 2. The largest absolute Gasteiger partial charge is 0.352 e. The fourth-order valence-electron chi connectivity index (χ4n) is 9.82. The molecule has 10 heteroatoms. The molecule has 0 radical (unpaired) electrons. The van der Waals surface area contributed by atoms with E-state index in [0.29, 0.717) is 21.3 Å². The summed E-state index contributed by atoms with van der Waals surface area (Å²) in [7, 11) is -3.87. The number of sulfonamides is 1. The van der Waals surface area contributed by atoms with E-state index in [2.05, 4.69) is 17.4 Å². The summed E-state index contributed by atoms with van der Waals surface area (Å²) in [6.07, 6.45) is 13.0. The standard InChI is InChI=1S/C40H47Cl2N3O4S/c1-50(48,49)45(34-14-12-32(13-15-34)40-22-29-17-30(23-40)19-31(18-29)24-40)26-38(46)44(25-28-11-16-35(41)36(42)20-28)37(21-27-7-3-2-4-8-27)39(47)43-33-9-5-6-10-33/h2-4,7-8,11-16,20,29-31,33,37H,5-6,9-10,17-19,21-26H2,1H3,(H,43,47). The van der Waals surface area contributed by atoms with Crippen LogP contribution in [0, 0.1) is 17.8 Å². The zero-order chi connectivity index (χ0) is 35.0. The molecule has 5 aliphatic rings.